The fourth-order valence-corrected chi connectivity index (χ4v) is 2.62. The first-order chi connectivity index (χ1) is 9.40. The van der Waals surface area contributed by atoms with E-state index in [-0.39, 0.29) is 22.0 Å². The molecule has 20 heavy (non-hydrogen) atoms. The number of nitriles is 1. The lowest BCUT2D eigenvalue weighted by Gasteiger charge is -2.07. The lowest BCUT2D eigenvalue weighted by molar-refractivity contribution is 0.353. The molecule has 2 aromatic rings. The number of aryl methyl sites for hydroxylation is 1. The summed E-state index contributed by atoms with van der Waals surface area (Å²) in [7, 11) is -4.07. The van der Waals surface area contributed by atoms with Crippen molar-refractivity contribution in [3.8, 4) is 17.6 Å². The highest BCUT2D eigenvalue weighted by Gasteiger charge is 2.17. The van der Waals surface area contributed by atoms with Gasteiger partial charge in [0.1, 0.15) is 10.6 Å². The molecule has 0 bridgehead atoms. The van der Waals surface area contributed by atoms with Crippen molar-refractivity contribution in [2.45, 2.75) is 11.8 Å². The van der Waals surface area contributed by atoms with Gasteiger partial charge < -0.3 is 4.18 Å². The molecular formula is C14H10NO4S. The van der Waals surface area contributed by atoms with E-state index in [4.69, 9.17) is 9.44 Å². The molecule has 0 fully saturated rings. The molecule has 0 spiro atoms. The van der Waals surface area contributed by atoms with Crippen LogP contribution in [0.5, 0.6) is 11.5 Å². The lowest BCUT2D eigenvalue weighted by Crippen LogP contribution is -2.10. The Morgan fingerprint density at radius 1 is 1.15 bits per heavy atom. The Morgan fingerprint density at radius 3 is 2.55 bits per heavy atom. The van der Waals surface area contributed by atoms with Gasteiger partial charge in [0.25, 0.3) is 0 Å². The van der Waals surface area contributed by atoms with Crippen molar-refractivity contribution in [2.24, 2.45) is 0 Å². The summed E-state index contributed by atoms with van der Waals surface area (Å²) >= 11 is 0. The van der Waals surface area contributed by atoms with E-state index >= 15 is 0 Å². The second-order valence-corrected chi connectivity index (χ2v) is 5.71. The smallest absolute Gasteiger partial charge is 0.339 e. The van der Waals surface area contributed by atoms with Crippen molar-refractivity contribution in [3.63, 3.8) is 0 Å². The van der Waals surface area contributed by atoms with Gasteiger partial charge in [-0.05, 0) is 42.8 Å². The number of hydrogen-bond acceptors (Lipinski definition) is 4. The maximum Gasteiger partial charge on any atom is 0.339 e. The Morgan fingerprint density at radius 2 is 1.90 bits per heavy atom. The molecule has 2 aromatic carbocycles. The molecule has 5 nitrogen and oxygen atoms in total. The van der Waals surface area contributed by atoms with E-state index in [1.165, 1.54) is 36.4 Å². The first-order valence-electron chi connectivity index (χ1n) is 5.64. The van der Waals surface area contributed by atoms with Crippen LogP contribution in [0.25, 0.3) is 0 Å². The average Bonchev–Trinajstić information content (AvgIpc) is 2.37. The fraction of sp³-hybridized carbons (Fsp3) is 0.0714. The zero-order valence-electron chi connectivity index (χ0n) is 10.5. The van der Waals surface area contributed by atoms with Gasteiger partial charge in [0, 0.05) is 6.07 Å². The molecule has 6 heteroatoms. The highest BCUT2D eigenvalue weighted by Crippen LogP contribution is 2.25. The van der Waals surface area contributed by atoms with Gasteiger partial charge in [-0.3, -0.25) is 5.11 Å². The topological polar surface area (TPSA) is 87.1 Å². The fourth-order valence-electron chi connectivity index (χ4n) is 1.66. The van der Waals surface area contributed by atoms with Crippen LogP contribution in [0.4, 0.5) is 0 Å². The first-order valence-corrected chi connectivity index (χ1v) is 7.05. The number of nitrogens with zero attached hydrogens (tertiary/aromatic N) is 1. The molecule has 1 radical (unpaired) electrons. The molecular weight excluding hydrogens is 278 g/mol. The van der Waals surface area contributed by atoms with E-state index in [0.717, 1.165) is 6.07 Å². The summed E-state index contributed by atoms with van der Waals surface area (Å²) in [4.78, 5) is -0.134. The van der Waals surface area contributed by atoms with Crippen LogP contribution >= 0.6 is 0 Å². The van der Waals surface area contributed by atoms with Crippen molar-refractivity contribution in [1.29, 1.82) is 5.26 Å². The molecule has 101 valence electrons. The van der Waals surface area contributed by atoms with Crippen LogP contribution in [0.2, 0.25) is 0 Å². The van der Waals surface area contributed by atoms with E-state index in [1.807, 2.05) is 6.07 Å². The van der Waals surface area contributed by atoms with E-state index < -0.39 is 10.1 Å². The molecule has 0 aliphatic rings. The van der Waals surface area contributed by atoms with Crippen LogP contribution in [0, 0.1) is 18.3 Å². The summed E-state index contributed by atoms with van der Waals surface area (Å²) < 4.78 is 29.0. The van der Waals surface area contributed by atoms with Crippen molar-refractivity contribution < 1.29 is 17.7 Å². The van der Waals surface area contributed by atoms with Gasteiger partial charge in [-0.25, -0.2) is 0 Å². The summed E-state index contributed by atoms with van der Waals surface area (Å²) in [5.74, 6) is -0.377. The molecule has 0 aliphatic carbocycles. The number of benzene rings is 2. The average molecular weight is 288 g/mol. The predicted molar refractivity (Wildman–Crippen MR) is 70.3 cm³/mol. The van der Waals surface area contributed by atoms with Crippen LogP contribution in [-0.2, 0) is 15.2 Å². The summed E-state index contributed by atoms with van der Waals surface area (Å²) in [6.45, 7) is 1.66. The molecule has 0 heterocycles. The van der Waals surface area contributed by atoms with Crippen LogP contribution < -0.4 is 4.18 Å². The van der Waals surface area contributed by atoms with Gasteiger partial charge in [0.05, 0.1) is 11.6 Å². The molecule has 0 aromatic heterocycles. The Labute approximate surface area is 116 Å². The maximum atomic E-state index is 12.1. The Balaban J connectivity index is 2.38. The van der Waals surface area contributed by atoms with E-state index in [0.29, 0.717) is 5.56 Å². The van der Waals surface area contributed by atoms with Gasteiger partial charge >= 0.3 is 10.1 Å². The van der Waals surface area contributed by atoms with Crippen LogP contribution in [0.3, 0.4) is 0 Å². The van der Waals surface area contributed by atoms with Gasteiger partial charge in [0.15, 0.2) is 5.75 Å². The van der Waals surface area contributed by atoms with Crippen molar-refractivity contribution >= 4 is 10.1 Å². The van der Waals surface area contributed by atoms with Crippen molar-refractivity contribution in [1.82, 2.24) is 0 Å². The van der Waals surface area contributed by atoms with Gasteiger partial charge in [0.2, 0.25) is 0 Å². The van der Waals surface area contributed by atoms with E-state index in [2.05, 4.69) is 0 Å². The zero-order chi connectivity index (χ0) is 14.8. The van der Waals surface area contributed by atoms with Gasteiger partial charge in [-0.1, -0.05) is 6.07 Å². The molecule has 0 saturated heterocycles. The highest BCUT2D eigenvalue weighted by molar-refractivity contribution is 7.87. The lowest BCUT2D eigenvalue weighted by atomic mass is 10.2. The minimum absolute atomic E-state index is 0.0441. The van der Waals surface area contributed by atoms with Crippen molar-refractivity contribution in [3.05, 3.63) is 53.6 Å². The standard InChI is InChI=1S/C14H10NO4S/c1-10-5-12(16)8-13(6-10)19-20(17,18)14-4-2-3-11(7-14)9-15/h2-8H,1H3. The normalized spacial score (nSPS) is 10.8. The van der Waals surface area contributed by atoms with E-state index in [1.54, 1.807) is 6.92 Å². The van der Waals surface area contributed by atoms with Crippen molar-refractivity contribution in [2.75, 3.05) is 0 Å². The molecule has 0 amide bonds. The Bertz CT molecular complexity index is 771. The summed E-state index contributed by atoms with van der Waals surface area (Å²) in [5, 5.41) is 20.1. The molecule has 0 unspecified atom stereocenters. The molecule has 0 atom stereocenters. The van der Waals surface area contributed by atoms with Gasteiger partial charge in [-0.2, -0.15) is 13.7 Å². The first kappa shape index (κ1) is 13.9. The highest BCUT2D eigenvalue weighted by atomic mass is 32.2. The molecule has 0 N–H and O–H groups in total. The summed E-state index contributed by atoms with van der Waals surface area (Å²) in [6.07, 6.45) is 0. The molecule has 0 aliphatic heterocycles. The molecule has 2 rings (SSSR count). The monoisotopic (exact) mass is 288 g/mol. The minimum atomic E-state index is -4.07. The third-order valence-corrected chi connectivity index (χ3v) is 3.73. The SMILES string of the molecule is Cc1cc([O])cc(OS(=O)(=O)c2cccc(C#N)c2)c1. The third kappa shape index (κ3) is 3.08. The number of rotatable bonds is 3. The second-order valence-electron chi connectivity index (χ2n) is 4.16. The molecule has 0 saturated carbocycles. The third-order valence-electron chi connectivity index (χ3n) is 2.48. The quantitative estimate of drug-likeness (QED) is 0.812. The Kier molecular flexibility index (Phi) is 3.63. The predicted octanol–water partition coefficient (Wildman–Crippen LogP) is 2.78. The number of hydrogen-bond donors (Lipinski definition) is 0. The van der Waals surface area contributed by atoms with Crippen LogP contribution in [-0.4, -0.2) is 8.42 Å². The second kappa shape index (κ2) is 5.23. The zero-order valence-corrected chi connectivity index (χ0v) is 11.3. The maximum absolute atomic E-state index is 12.1. The summed E-state index contributed by atoms with van der Waals surface area (Å²) in [6, 6.07) is 11.2. The minimum Gasteiger partial charge on any atom is -0.379 e. The van der Waals surface area contributed by atoms with Crippen LogP contribution in [0.1, 0.15) is 11.1 Å². The Hall–Kier alpha value is -2.52. The van der Waals surface area contributed by atoms with E-state index in [9.17, 15) is 13.5 Å². The summed E-state index contributed by atoms with van der Waals surface area (Å²) in [5.41, 5.74) is 0.817. The van der Waals surface area contributed by atoms with Gasteiger partial charge in [-0.15, -0.1) is 0 Å². The van der Waals surface area contributed by atoms with Crippen LogP contribution in [0.15, 0.2) is 47.4 Å². The largest absolute Gasteiger partial charge is 0.379 e.